The average molecular weight is 272 g/mol. The number of benzene rings is 1. The van der Waals surface area contributed by atoms with Crippen LogP contribution in [-0.2, 0) is 0 Å². The molecule has 1 heterocycles. The normalized spacial score (nSPS) is 19.3. The minimum absolute atomic E-state index is 0.395. The fraction of sp³-hybridized carbons (Fsp3) is 0.200. The quantitative estimate of drug-likeness (QED) is 0.590. The molecule has 0 aliphatic heterocycles. The summed E-state index contributed by atoms with van der Waals surface area (Å²) < 4.78 is 3.51. The third-order valence-corrected chi connectivity index (χ3v) is 4.72. The summed E-state index contributed by atoms with van der Waals surface area (Å²) in [6.45, 7) is 2.18. The highest BCUT2D eigenvalue weighted by molar-refractivity contribution is 7.81. The van der Waals surface area contributed by atoms with E-state index in [0.29, 0.717) is 5.92 Å². The monoisotopic (exact) mass is 272 g/mol. The molecule has 0 amide bonds. The van der Waals surface area contributed by atoms with Crippen LogP contribution in [0.1, 0.15) is 13.3 Å². The molecule has 18 heavy (non-hydrogen) atoms. The van der Waals surface area contributed by atoms with Gasteiger partial charge in [-0.25, -0.2) is 0 Å². The third-order valence-electron chi connectivity index (χ3n) is 3.30. The van der Waals surface area contributed by atoms with Gasteiger partial charge in [-0.2, -0.15) is 0 Å². The Morgan fingerprint density at radius 2 is 2.17 bits per heavy atom. The Hall–Kier alpha value is -1.32. The summed E-state index contributed by atoms with van der Waals surface area (Å²) >= 11 is 7.38. The highest BCUT2D eigenvalue weighted by atomic mass is 32.1. The fourth-order valence-corrected chi connectivity index (χ4v) is 3.57. The minimum Gasteiger partial charge on any atom is -0.149 e. The first kappa shape index (κ1) is 11.8. The molecule has 2 aromatic rings. The van der Waals surface area contributed by atoms with Crippen LogP contribution in [-0.4, -0.2) is 4.86 Å². The molecule has 0 saturated carbocycles. The number of para-hydroxylation sites is 1. The van der Waals surface area contributed by atoms with Gasteiger partial charge in [-0.3, -0.25) is 0 Å². The van der Waals surface area contributed by atoms with E-state index >= 15 is 0 Å². The first-order valence-corrected chi connectivity index (χ1v) is 7.41. The van der Waals surface area contributed by atoms with Crippen molar-refractivity contribution in [3.63, 3.8) is 0 Å². The van der Waals surface area contributed by atoms with Crippen molar-refractivity contribution in [2.45, 2.75) is 13.3 Å². The zero-order chi connectivity index (χ0) is 12.5. The molecule has 0 bridgehead atoms. The van der Waals surface area contributed by atoms with Gasteiger partial charge in [0.25, 0.3) is 0 Å². The Kier molecular flexibility index (Phi) is 3.10. The lowest BCUT2D eigenvalue weighted by molar-refractivity contribution is -0.541. The van der Waals surface area contributed by atoms with Gasteiger partial charge < -0.3 is 0 Å². The van der Waals surface area contributed by atoms with Crippen LogP contribution < -0.4 is 4.57 Å². The summed E-state index contributed by atoms with van der Waals surface area (Å²) in [5.41, 5.74) is 4.53. The molecule has 1 unspecified atom stereocenters. The van der Waals surface area contributed by atoms with Crippen LogP contribution in [0.5, 0.6) is 0 Å². The van der Waals surface area contributed by atoms with E-state index in [1.54, 1.807) is 11.3 Å². The maximum atomic E-state index is 5.62. The standard InChI is InChI=1S/C15H14NS2/c1-2-11-6-5-8-13(15(11)17)16-10-18-14-9-4-3-7-12(14)16/h3-11H,2H2,1H3/q+1. The molecule has 0 spiro atoms. The Morgan fingerprint density at radius 3 is 3.00 bits per heavy atom. The number of thiocarbonyl (C=S) groups is 1. The van der Waals surface area contributed by atoms with Gasteiger partial charge in [-0.15, -0.1) is 4.57 Å². The van der Waals surface area contributed by atoms with E-state index in [9.17, 15) is 0 Å². The summed E-state index contributed by atoms with van der Waals surface area (Å²) in [6.07, 6.45) is 7.50. The van der Waals surface area contributed by atoms with Gasteiger partial charge in [0.05, 0.1) is 4.86 Å². The maximum absolute atomic E-state index is 5.62. The van der Waals surface area contributed by atoms with Gasteiger partial charge in [0.2, 0.25) is 16.7 Å². The van der Waals surface area contributed by atoms with E-state index in [0.717, 1.165) is 17.0 Å². The lowest BCUT2D eigenvalue weighted by Gasteiger charge is -2.13. The van der Waals surface area contributed by atoms with E-state index < -0.39 is 0 Å². The number of allylic oxidation sites excluding steroid dienone is 4. The van der Waals surface area contributed by atoms with Crippen LogP contribution >= 0.6 is 23.6 Å². The molecule has 0 saturated heterocycles. The predicted molar refractivity (Wildman–Crippen MR) is 81.8 cm³/mol. The molecule has 0 radical (unpaired) electrons. The van der Waals surface area contributed by atoms with Crippen LogP contribution in [0.4, 0.5) is 0 Å². The fourth-order valence-electron chi connectivity index (χ4n) is 2.27. The lowest BCUT2D eigenvalue weighted by atomic mass is 9.95. The maximum Gasteiger partial charge on any atom is 0.231 e. The van der Waals surface area contributed by atoms with E-state index in [1.165, 1.54) is 10.2 Å². The van der Waals surface area contributed by atoms with Gasteiger partial charge >= 0.3 is 0 Å². The highest BCUT2D eigenvalue weighted by Gasteiger charge is 2.26. The predicted octanol–water partition coefficient (Wildman–Crippen LogP) is 4.00. The van der Waals surface area contributed by atoms with E-state index in [1.807, 2.05) is 0 Å². The van der Waals surface area contributed by atoms with Crippen molar-refractivity contribution in [3.8, 4) is 0 Å². The Bertz CT molecular complexity index is 664. The molecule has 1 aromatic heterocycles. The first-order valence-electron chi connectivity index (χ1n) is 6.12. The smallest absolute Gasteiger partial charge is 0.149 e. The second kappa shape index (κ2) is 4.75. The van der Waals surface area contributed by atoms with Crippen molar-refractivity contribution in [1.82, 2.24) is 0 Å². The molecule has 3 heteroatoms. The van der Waals surface area contributed by atoms with Crippen molar-refractivity contribution < 1.29 is 4.57 Å². The summed E-state index contributed by atoms with van der Waals surface area (Å²) in [5, 5.41) is 0. The Balaban J connectivity index is 2.13. The van der Waals surface area contributed by atoms with Crippen molar-refractivity contribution in [1.29, 1.82) is 0 Å². The zero-order valence-corrected chi connectivity index (χ0v) is 11.8. The largest absolute Gasteiger partial charge is 0.231 e. The molecule has 1 nitrogen and oxygen atoms in total. The number of hydrogen-bond donors (Lipinski definition) is 0. The van der Waals surface area contributed by atoms with E-state index in [-0.39, 0.29) is 0 Å². The Morgan fingerprint density at radius 1 is 1.33 bits per heavy atom. The van der Waals surface area contributed by atoms with Crippen LogP contribution in [0.2, 0.25) is 0 Å². The number of rotatable bonds is 2. The molecular formula is C15H14NS2+. The number of aromatic nitrogens is 1. The molecule has 90 valence electrons. The molecule has 1 aromatic carbocycles. The van der Waals surface area contributed by atoms with Crippen LogP contribution in [0.3, 0.4) is 0 Å². The summed E-state index contributed by atoms with van der Waals surface area (Å²) in [7, 11) is 0. The Labute approximate surface area is 116 Å². The van der Waals surface area contributed by atoms with E-state index in [2.05, 4.69) is 59.5 Å². The lowest BCUT2D eigenvalue weighted by Crippen LogP contribution is -2.37. The summed E-state index contributed by atoms with van der Waals surface area (Å²) in [6, 6.07) is 8.45. The van der Waals surface area contributed by atoms with Crippen LogP contribution in [0, 0.1) is 5.92 Å². The van der Waals surface area contributed by atoms with Gasteiger partial charge in [0.15, 0.2) is 0 Å². The third kappa shape index (κ3) is 1.84. The molecule has 1 atom stereocenters. The van der Waals surface area contributed by atoms with Gasteiger partial charge in [-0.1, -0.05) is 54.8 Å². The highest BCUT2D eigenvalue weighted by Crippen LogP contribution is 2.23. The molecule has 1 aliphatic rings. The number of hydrogen-bond acceptors (Lipinski definition) is 2. The van der Waals surface area contributed by atoms with Gasteiger partial charge in [0.1, 0.15) is 4.70 Å². The second-order valence-corrected chi connectivity index (χ2v) is 5.70. The minimum atomic E-state index is 0.395. The average Bonchev–Trinajstić information content (AvgIpc) is 2.83. The van der Waals surface area contributed by atoms with E-state index in [4.69, 9.17) is 12.2 Å². The van der Waals surface area contributed by atoms with Crippen molar-refractivity contribution in [3.05, 3.63) is 48.0 Å². The topological polar surface area (TPSA) is 3.88 Å². The number of thiazole rings is 1. The first-order chi connectivity index (χ1) is 8.81. The van der Waals surface area contributed by atoms with Crippen LogP contribution in [0.15, 0.2) is 48.0 Å². The number of nitrogens with zero attached hydrogens (tertiary/aromatic N) is 1. The van der Waals surface area contributed by atoms with Crippen molar-refractivity contribution in [2.24, 2.45) is 5.92 Å². The molecular weight excluding hydrogens is 258 g/mol. The summed E-state index contributed by atoms with van der Waals surface area (Å²) in [5.74, 6) is 0.395. The molecule has 1 aliphatic carbocycles. The zero-order valence-electron chi connectivity index (χ0n) is 10.2. The molecule has 0 fully saturated rings. The molecule has 0 N–H and O–H groups in total. The van der Waals surface area contributed by atoms with Gasteiger partial charge in [0, 0.05) is 18.1 Å². The number of fused-ring (bicyclic) bond motifs is 1. The molecule has 3 rings (SSSR count). The SMILES string of the molecule is CCC1C=CC=C([n+]2csc3ccccc32)C1=S. The summed E-state index contributed by atoms with van der Waals surface area (Å²) in [4.78, 5) is 1.05. The van der Waals surface area contributed by atoms with Crippen molar-refractivity contribution in [2.75, 3.05) is 0 Å². The van der Waals surface area contributed by atoms with Gasteiger partial charge in [-0.05, 0) is 12.5 Å². The van der Waals surface area contributed by atoms with Crippen molar-refractivity contribution >= 4 is 44.3 Å². The van der Waals surface area contributed by atoms with Crippen LogP contribution in [0.25, 0.3) is 15.9 Å². The second-order valence-electron chi connectivity index (χ2n) is 4.38.